The maximum absolute atomic E-state index is 12.8. The molecule has 0 saturated carbocycles. The van der Waals surface area contributed by atoms with E-state index in [9.17, 15) is 32.7 Å². The van der Waals surface area contributed by atoms with Gasteiger partial charge in [-0.05, 0) is 13.3 Å². The number of β-lactam (4-membered cyclic amide) rings is 1. The van der Waals surface area contributed by atoms with Crippen molar-refractivity contribution < 1.29 is 63.6 Å². The summed E-state index contributed by atoms with van der Waals surface area (Å²) < 4.78 is 39.0. The maximum Gasteiger partial charge on any atom is 1.00 e. The van der Waals surface area contributed by atoms with Crippen molar-refractivity contribution in [2.24, 2.45) is 5.92 Å². The third kappa shape index (κ3) is 3.26. The van der Waals surface area contributed by atoms with Gasteiger partial charge in [-0.15, -0.1) is 10.2 Å². The Bertz CT molecular complexity index is 912. The molecule has 3 aliphatic heterocycles. The molecule has 0 radical (unpaired) electrons. The van der Waals surface area contributed by atoms with Gasteiger partial charge in [-0.25, -0.2) is 4.79 Å². The van der Waals surface area contributed by atoms with E-state index in [1.54, 1.807) is 6.92 Å². The van der Waals surface area contributed by atoms with Crippen LogP contribution in [0.4, 0.5) is 13.2 Å². The van der Waals surface area contributed by atoms with E-state index < -0.39 is 42.0 Å². The Labute approximate surface area is 187 Å². The summed E-state index contributed by atoms with van der Waals surface area (Å²) in [6, 6.07) is -2.00. The second-order valence-corrected chi connectivity index (χ2v) is 8.85. The zero-order chi connectivity index (χ0) is 19.7. The molecule has 0 spiro atoms. The number of alkyl halides is 3. The van der Waals surface area contributed by atoms with Crippen LogP contribution >= 0.6 is 23.1 Å². The van der Waals surface area contributed by atoms with Crippen LogP contribution in [0.5, 0.6) is 0 Å². The van der Waals surface area contributed by atoms with Gasteiger partial charge in [0.05, 0.1) is 6.04 Å². The van der Waals surface area contributed by atoms with Gasteiger partial charge in [0.15, 0.2) is 4.34 Å². The van der Waals surface area contributed by atoms with E-state index >= 15 is 0 Å². The molecule has 0 bridgehead atoms. The summed E-state index contributed by atoms with van der Waals surface area (Å²) in [6.45, 7) is 1.48. The number of nitrogens with zero attached hydrogens (tertiary/aromatic N) is 4. The summed E-state index contributed by atoms with van der Waals surface area (Å²) in [5, 5.41) is 18.0. The third-order valence-corrected chi connectivity index (χ3v) is 6.73. The first-order valence-corrected chi connectivity index (χ1v) is 9.38. The average molecular weight is 444 g/mol. The number of hydrogen-bond acceptors (Lipinski definition) is 7. The van der Waals surface area contributed by atoms with Gasteiger partial charge in [-0.1, -0.05) is 23.1 Å². The second-order valence-electron chi connectivity index (χ2n) is 6.33. The second kappa shape index (κ2) is 7.27. The van der Waals surface area contributed by atoms with Gasteiger partial charge < -0.3 is 11.4 Å². The zero-order valence-electron chi connectivity index (χ0n) is 15.6. The van der Waals surface area contributed by atoms with Crippen LogP contribution in [-0.4, -0.2) is 67.7 Å². The minimum absolute atomic E-state index is 0. The number of hydrogen-bond donors (Lipinski definition) is 1. The minimum atomic E-state index is -5.08. The third-order valence-electron chi connectivity index (χ3n) is 4.74. The normalized spacial score (nSPS) is 26.0. The Balaban J connectivity index is 0.00000150. The molecule has 0 unspecified atom stereocenters. The van der Waals surface area contributed by atoms with Gasteiger partial charge in [-0.2, -0.15) is 13.2 Å². The van der Waals surface area contributed by atoms with Gasteiger partial charge in [0, 0.05) is 17.4 Å². The summed E-state index contributed by atoms with van der Waals surface area (Å²) >= 11 is 2.28. The van der Waals surface area contributed by atoms with Crippen molar-refractivity contribution in [1.29, 1.82) is 0 Å². The smallest absolute Gasteiger partial charge is 1.00 e. The SMILES string of the molecule is Cc1nnc(SC2=C(C(=O)O)N3C(=O)[C@@H]4[C@H]3[C@H](C2)CN4C(=O)C(F)(F)F)s1.[H-].[Na+]. The van der Waals surface area contributed by atoms with E-state index in [1.807, 2.05) is 0 Å². The Morgan fingerprint density at radius 1 is 1.36 bits per heavy atom. The van der Waals surface area contributed by atoms with Crippen LogP contribution in [0.1, 0.15) is 12.9 Å². The van der Waals surface area contributed by atoms with Crippen LogP contribution in [0.25, 0.3) is 0 Å². The number of carboxylic acid groups (broad SMARTS) is 1. The van der Waals surface area contributed by atoms with Crippen molar-refractivity contribution in [2.45, 2.75) is 35.9 Å². The molecular weight excluding hydrogens is 432 g/mol. The monoisotopic (exact) mass is 444 g/mol. The van der Waals surface area contributed by atoms with Gasteiger partial charge in [0.1, 0.15) is 16.7 Å². The molecule has 3 aliphatic rings. The number of halogens is 3. The predicted octanol–water partition coefficient (Wildman–Crippen LogP) is -1.64. The quantitative estimate of drug-likeness (QED) is 0.440. The molecule has 1 aromatic rings. The number of rotatable bonds is 3. The van der Waals surface area contributed by atoms with Crippen LogP contribution in [0.2, 0.25) is 0 Å². The molecule has 28 heavy (non-hydrogen) atoms. The minimum Gasteiger partial charge on any atom is -1.00 e. The number of allylic oxidation sites excluding steroid dienone is 1. The first-order chi connectivity index (χ1) is 12.6. The number of carboxylic acids is 1. The number of aromatic nitrogens is 2. The molecular formula is C14H12F3N4NaO4S2. The fraction of sp³-hybridized carbons (Fsp3) is 0.500. The number of amides is 2. The summed E-state index contributed by atoms with van der Waals surface area (Å²) in [7, 11) is 0. The van der Waals surface area contributed by atoms with E-state index in [4.69, 9.17) is 0 Å². The van der Waals surface area contributed by atoms with Gasteiger partial charge in [0.2, 0.25) is 0 Å². The van der Waals surface area contributed by atoms with Gasteiger partial charge in [-0.3, -0.25) is 14.5 Å². The fourth-order valence-corrected chi connectivity index (χ4v) is 5.90. The Kier molecular flexibility index (Phi) is 5.60. The van der Waals surface area contributed by atoms with Crippen molar-refractivity contribution in [2.75, 3.05) is 6.54 Å². The molecule has 1 aromatic heterocycles. The van der Waals surface area contributed by atoms with Gasteiger partial charge >= 0.3 is 47.6 Å². The molecule has 146 valence electrons. The number of likely N-dealkylation sites (tertiary alicyclic amines) is 1. The van der Waals surface area contributed by atoms with Crippen molar-refractivity contribution in [1.82, 2.24) is 20.0 Å². The van der Waals surface area contributed by atoms with Gasteiger partial charge in [0.25, 0.3) is 5.91 Å². The van der Waals surface area contributed by atoms with Crippen LogP contribution in [0, 0.1) is 12.8 Å². The first kappa shape index (κ1) is 21.6. The molecule has 1 N–H and O–H groups in total. The fourth-order valence-electron chi connectivity index (χ4n) is 3.78. The Morgan fingerprint density at radius 2 is 2.04 bits per heavy atom. The van der Waals surface area contributed by atoms with E-state index in [2.05, 4.69) is 10.2 Å². The zero-order valence-corrected chi connectivity index (χ0v) is 18.2. The Hall–Kier alpha value is -1.15. The van der Waals surface area contributed by atoms with Crippen LogP contribution < -0.4 is 29.6 Å². The molecule has 3 atom stereocenters. The van der Waals surface area contributed by atoms with Crippen molar-refractivity contribution in [3.8, 4) is 0 Å². The maximum atomic E-state index is 12.8. The molecule has 0 aromatic carbocycles. The van der Waals surface area contributed by atoms with Crippen LogP contribution in [-0.2, 0) is 14.4 Å². The van der Waals surface area contributed by atoms with E-state index in [1.165, 1.54) is 11.3 Å². The first-order valence-electron chi connectivity index (χ1n) is 7.75. The van der Waals surface area contributed by atoms with Crippen LogP contribution in [0.15, 0.2) is 14.9 Å². The number of carbonyl (C=O) groups excluding carboxylic acids is 2. The van der Waals surface area contributed by atoms with Crippen LogP contribution in [0.3, 0.4) is 0 Å². The average Bonchev–Trinajstić information content (AvgIpc) is 3.13. The van der Waals surface area contributed by atoms with E-state index in [-0.39, 0.29) is 49.6 Å². The molecule has 4 rings (SSSR count). The van der Waals surface area contributed by atoms with E-state index in [0.717, 1.165) is 16.7 Å². The molecule has 0 aliphatic carbocycles. The summed E-state index contributed by atoms with van der Waals surface area (Å²) in [4.78, 5) is 37.7. The van der Waals surface area contributed by atoms with Crippen molar-refractivity contribution in [3.63, 3.8) is 0 Å². The summed E-state index contributed by atoms with van der Waals surface area (Å²) in [5.41, 5.74) is -0.253. The number of aryl methyl sites for hydroxylation is 1. The summed E-state index contributed by atoms with van der Waals surface area (Å²) in [5.74, 6) is -4.67. The number of thioether (sulfide) groups is 1. The molecule has 8 nitrogen and oxygen atoms in total. The molecule has 2 fully saturated rings. The number of aliphatic carboxylic acids is 1. The van der Waals surface area contributed by atoms with Crippen molar-refractivity contribution in [3.05, 3.63) is 15.6 Å². The van der Waals surface area contributed by atoms with Crippen molar-refractivity contribution >= 4 is 40.9 Å². The largest absolute Gasteiger partial charge is 1.00 e. The molecule has 14 heteroatoms. The standard InChI is InChI=1S/C14H11F3N4O4S2.Na.H/c1-4-18-19-13(26-4)27-6-2-5-3-20(12(25)14(15,16)17)9-7(5)21(10(9)22)8(6)11(23)24;;/h5,7,9H,2-3H2,1H3,(H,23,24);;/q;+1;-1/t5-,7-,9+;;/m1../s1. The summed E-state index contributed by atoms with van der Waals surface area (Å²) in [6.07, 6.45) is -4.93. The molecule has 2 amide bonds. The molecule has 2 saturated heterocycles. The Morgan fingerprint density at radius 3 is 2.57 bits per heavy atom. The molecule has 4 heterocycles. The topological polar surface area (TPSA) is 104 Å². The van der Waals surface area contributed by atoms with E-state index in [0.29, 0.717) is 19.2 Å². The number of carbonyl (C=O) groups is 3. The predicted molar refractivity (Wildman–Crippen MR) is 86.6 cm³/mol.